The van der Waals surface area contributed by atoms with Gasteiger partial charge in [-0.25, -0.2) is 0 Å². The average molecular weight is 351 g/mol. The highest BCUT2D eigenvalue weighted by Crippen LogP contribution is 2.26. The second-order valence-electron chi connectivity index (χ2n) is 5.78. The zero-order valence-corrected chi connectivity index (χ0v) is 14.8. The Hall–Kier alpha value is -2.73. The number of non-ortho nitro benzene ring substituents is 1. The van der Waals surface area contributed by atoms with Crippen molar-refractivity contribution < 1.29 is 4.92 Å². The Bertz CT molecular complexity index is 911. The highest BCUT2D eigenvalue weighted by Gasteiger charge is 2.09. The summed E-state index contributed by atoms with van der Waals surface area (Å²) in [6.45, 7) is 4.19. The summed E-state index contributed by atoms with van der Waals surface area (Å²) in [6.07, 6.45) is 0. The van der Waals surface area contributed by atoms with Gasteiger partial charge in [-0.3, -0.25) is 10.1 Å². The highest BCUT2D eigenvalue weighted by molar-refractivity contribution is 7.98. The molecule has 0 aliphatic rings. The van der Waals surface area contributed by atoms with E-state index >= 15 is 0 Å². The van der Waals surface area contributed by atoms with Crippen molar-refractivity contribution in [1.82, 2.24) is 10.2 Å². The Morgan fingerprint density at radius 1 is 1.04 bits per heavy atom. The Morgan fingerprint density at radius 2 is 1.88 bits per heavy atom. The zero-order chi connectivity index (χ0) is 17.8. The van der Waals surface area contributed by atoms with Crippen LogP contribution < -0.4 is 0 Å². The summed E-state index contributed by atoms with van der Waals surface area (Å²) in [5.41, 5.74) is 5.15. The molecule has 0 fully saturated rings. The fourth-order valence-electron chi connectivity index (χ4n) is 2.44. The topological polar surface area (TPSA) is 68.9 Å². The molecule has 0 aliphatic carbocycles. The second kappa shape index (κ2) is 7.44. The van der Waals surface area contributed by atoms with E-state index in [0.717, 1.165) is 10.8 Å². The van der Waals surface area contributed by atoms with Crippen LogP contribution in [0.25, 0.3) is 11.3 Å². The molecule has 0 bridgehead atoms. The fraction of sp³-hybridized carbons (Fsp3) is 0.158. The largest absolute Gasteiger partial charge is 0.270 e. The monoisotopic (exact) mass is 351 g/mol. The molecule has 0 aliphatic heterocycles. The molecule has 0 spiro atoms. The van der Waals surface area contributed by atoms with Crippen LogP contribution in [0.4, 0.5) is 5.69 Å². The van der Waals surface area contributed by atoms with Gasteiger partial charge in [-0.05, 0) is 37.1 Å². The molecule has 5 nitrogen and oxygen atoms in total. The summed E-state index contributed by atoms with van der Waals surface area (Å²) in [5.74, 6) is 0.832. The number of nitro benzene ring substituents is 1. The quantitative estimate of drug-likeness (QED) is 0.369. The molecule has 0 unspecified atom stereocenters. The van der Waals surface area contributed by atoms with Gasteiger partial charge in [-0.1, -0.05) is 47.7 Å². The summed E-state index contributed by atoms with van der Waals surface area (Å²) in [7, 11) is 0. The van der Waals surface area contributed by atoms with E-state index in [1.807, 2.05) is 12.1 Å². The number of aromatic nitrogens is 2. The van der Waals surface area contributed by atoms with Crippen molar-refractivity contribution in [2.75, 3.05) is 0 Å². The lowest BCUT2D eigenvalue weighted by Crippen LogP contribution is -1.93. The molecule has 2 aromatic carbocycles. The third kappa shape index (κ3) is 4.22. The molecule has 3 rings (SSSR count). The van der Waals surface area contributed by atoms with Crippen molar-refractivity contribution >= 4 is 17.4 Å². The minimum atomic E-state index is -0.411. The number of thioether (sulfide) groups is 1. The van der Waals surface area contributed by atoms with E-state index in [-0.39, 0.29) is 5.69 Å². The van der Waals surface area contributed by atoms with Crippen LogP contribution in [0.15, 0.2) is 59.6 Å². The van der Waals surface area contributed by atoms with E-state index in [0.29, 0.717) is 11.3 Å². The lowest BCUT2D eigenvalue weighted by molar-refractivity contribution is -0.384. The minimum Gasteiger partial charge on any atom is -0.258 e. The Balaban J connectivity index is 1.73. The standard InChI is InChI=1S/C19H17N3O2S/c1-13-6-7-14(2)16(10-13)12-25-19-9-8-18(20-21-19)15-4-3-5-17(11-15)22(23)24/h3-11H,12H2,1-2H3. The number of rotatable bonds is 5. The van der Waals surface area contributed by atoms with Gasteiger partial charge in [0, 0.05) is 23.4 Å². The molecule has 0 amide bonds. The van der Waals surface area contributed by atoms with Gasteiger partial charge < -0.3 is 0 Å². The third-order valence-electron chi connectivity index (χ3n) is 3.87. The van der Waals surface area contributed by atoms with Crippen LogP contribution in [0.3, 0.4) is 0 Å². The van der Waals surface area contributed by atoms with Crippen LogP contribution in [-0.2, 0) is 5.75 Å². The number of aryl methyl sites for hydroxylation is 2. The molecule has 1 heterocycles. The lowest BCUT2D eigenvalue weighted by atomic mass is 10.1. The van der Waals surface area contributed by atoms with E-state index in [1.165, 1.54) is 28.8 Å². The van der Waals surface area contributed by atoms with Gasteiger partial charge in [0.25, 0.3) is 5.69 Å². The first-order chi connectivity index (χ1) is 12.0. The predicted molar refractivity (Wildman–Crippen MR) is 99.6 cm³/mol. The molecule has 0 atom stereocenters. The summed E-state index contributed by atoms with van der Waals surface area (Å²) in [6, 6.07) is 16.6. The first kappa shape index (κ1) is 17.1. The fourth-order valence-corrected chi connectivity index (χ4v) is 3.31. The Morgan fingerprint density at radius 3 is 2.60 bits per heavy atom. The van der Waals surface area contributed by atoms with Gasteiger partial charge >= 0.3 is 0 Å². The van der Waals surface area contributed by atoms with Crippen molar-refractivity contribution in [1.29, 1.82) is 0 Å². The molecular weight excluding hydrogens is 334 g/mol. The number of hydrogen-bond acceptors (Lipinski definition) is 5. The van der Waals surface area contributed by atoms with Crippen LogP contribution in [0.1, 0.15) is 16.7 Å². The number of benzene rings is 2. The highest BCUT2D eigenvalue weighted by atomic mass is 32.2. The van der Waals surface area contributed by atoms with Gasteiger partial charge in [-0.15, -0.1) is 10.2 Å². The molecule has 0 N–H and O–H groups in total. The SMILES string of the molecule is Cc1ccc(C)c(CSc2ccc(-c3cccc([N+](=O)[O-])c3)nn2)c1. The van der Waals surface area contributed by atoms with E-state index in [9.17, 15) is 10.1 Å². The van der Waals surface area contributed by atoms with Crippen molar-refractivity contribution in [2.24, 2.45) is 0 Å². The normalized spacial score (nSPS) is 10.6. The van der Waals surface area contributed by atoms with E-state index < -0.39 is 4.92 Å². The number of hydrogen-bond donors (Lipinski definition) is 0. The van der Waals surface area contributed by atoms with Crippen LogP contribution in [0.5, 0.6) is 0 Å². The summed E-state index contributed by atoms with van der Waals surface area (Å²) in [5, 5.41) is 20.2. The molecule has 25 heavy (non-hydrogen) atoms. The molecule has 0 radical (unpaired) electrons. The molecule has 6 heteroatoms. The third-order valence-corrected chi connectivity index (χ3v) is 4.84. The van der Waals surface area contributed by atoms with E-state index in [2.05, 4.69) is 42.2 Å². The van der Waals surface area contributed by atoms with E-state index in [1.54, 1.807) is 23.9 Å². The van der Waals surface area contributed by atoms with Gasteiger partial charge in [0.05, 0.1) is 10.6 Å². The van der Waals surface area contributed by atoms with Crippen molar-refractivity contribution in [2.45, 2.75) is 24.6 Å². The van der Waals surface area contributed by atoms with Crippen LogP contribution in [0, 0.1) is 24.0 Å². The minimum absolute atomic E-state index is 0.0488. The molecule has 3 aromatic rings. The van der Waals surface area contributed by atoms with Gasteiger partial charge in [0.2, 0.25) is 0 Å². The summed E-state index contributed by atoms with van der Waals surface area (Å²) >= 11 is 1.63. The van der Waals surface area contributed by atoms with Crippen LogP contribution >= 0.6 is 11.8 Å². The van der Waals surface area contributed by atoms with Crippen molar-refractivity contribution in [3.05, 3.63) is 81.4 Å². The first-order valence-electron chi connectivity index (χ1n) is 7.80. The number of nitrogens with zero attached hydrogens (tertiary/aromatic N) is 3. The van der Waals surface area contributed by atoms with Crippen LogP contribution in [0.2, 0.25) is 0 Å². The molecular formula is C19H17N3O2S. The maximum atomic E-state index is 10.9. The zero-order valence-electron chi connectivity index (χ0n) is 14.0. The molecule has 0 saturated heterocycles. The summed E-state index contributed by atoms with van der Waals surface area (Å²) < 4.78 is 0. The molecule has 1 aromatic heterocycles. The Labute approximate surface area is 150 Å². The lowest BCUT2D eigenvalue weighted by Gasteiger charge is -2.07. The second-order valence-corrected chi connectivity index (χ2v) is 6.78. The first-order valence-corrected chi connectivity index (χ1v) is 8.79. The van der Waals surface area contributed by atoms with Crippen molar-refractivity contribution in [3.63, 3.8) is 0 Å². The van der Waals surface area contributed by atoms with E-state index in [4.69, 9.17) is 0 Å². The maximum Gasteiger partial charge on any atom is 0.270 e. The average Bonchev–Trinajstić information content (AvgIpc) is 2.63. The molecule has 0 saturated carbocycles. The summed E-state index contributed by atoms with van der Waals surface area (Å²) in [4.78, 5) is 10.5. The van der Waals surface area contributed by atoms with Crippen molar-refractivity contribution in [3.8, 4) is 11.3 Å². The van der Waals surface area contributed by atoms with Gasteiger partial charge in [0.15, 0.2) is 0 Å². The van der Waals surface area contributed by atoms with Crippen LogP contribution in [-0.4, -0.2) is 15.1 Å². The number of nitro groups is 1. The Kier molecular flexibility index (Phi) is 5.09. The molecule has 126 valence electrons. The van der Waals surface area contributed by atoms with Gasteiger partial charge in [-0.2, -0.15) is 0 Å². The predicted octanol–water partition coefficient (Wildman–Crippen LogP) is 4.96. The maximum absolute atomic E-state index is 10.9. The van der Waals surface area contributed by atoms with Gasteiger partial charge in [0.1, 0.15) is 5.03 Å². The smallest absolute Gasteiger partial charge is 0.258 e.